The summed E-state index contributed by atoms with van der Waals surface area (Å²) in [5.74, 6) is 0.760. The summed E-state index contributed by atoms with van der Waals surface area (Å²) >= 11 is 0. The van der Waals surface area contributed by atoms with Gasteiger partial charge >= 0.3 is 0 Å². The molecule has 0 radical (unpaired) electrons. The summed E-state index contributed by atoms with van der Waals surface area (Å²) in [5.41, 5.74) is 3.55. The molecule has 98 valence electrons. The molecule has 3 rings (SSSR count). The summed E-state index contributed by atoms with van der Waals surface area (Å²) in [6.07, 6.45) is 4.46. The molecule has 0 saturated carbocycles. The van der Waals surface area contributed by atoms with E-state index in [1.54, 1.807) is 0 Å². The molecule has 2 aromatic rings. The molecule has 0 bridgehead atoms. The van der Waals surface area contributed by atoms with E-state index in [9.17, 15) is 4.79 Å². The van der Waals surface area contributed by atoms with Gasteiger partial charge in [0.2, 0.25) is 5.91 Å². The number of amides is 1. The van der Waals surface area contributed by atoms with Gasteiger partial charge in [-0.25, -0.2) is 0 Å². The van der Waals surface area contributed by atoms with E-state index in [1.165, 1.54) is 16.8 Å². The number of anilines is 1. The summed E-state index contributed by atoms with van der Waals surface area (Å²) in [4.78, 5) is 11.9. The average Bonchev–Trinajstić information content (AvgIpc) is 3.03. The van der Waals surface area contributed by atoms with E-state index in [0.29, 0.717) is 6.42 Å². The number of H-pyrrole nitrogens is 1. The van der Waals surface area contributed by atoms with E-state index in [1.807, 2.05) is 30.3 Å². The lowest BCUT2D eigenvalue weighted by atomic mass is 10.1. The van der Waals surface area contributed by atoms with Crippen LogP contribution in [0.25, 0.3) is 0 Å². The maximum absolute atomic E-state index is 11.9. The maximum atomic E-state index is 11.9. The zero-order valence-corrected chi connectivity index (χ0v) is 10.8. The molecule has 1 aliphatic carbocycles. The van der Waals surface area contributed by atoms with Crippen molar-refractivity contribution in [2.24, 2.45) is 0 Å². The second-order valence-electron chi connectivity index (χ2n) is 4.92. The Morgan fingerprint density at radius 1 is 1.26 bits per heavy atom. The maximum Gasteiger partial charge on any atom is 0.225 e. The number of nitrogens with one attached hydrogen (secondary N) is 2. The molecule has 0 fully saturated rings. The standard InChI is InChI=1S/C15H17N3O/c19-14(10-9-11-5-2-1-3-6-11)16-15-12-7-4-8-13(12)17-18-15/h1-3,5-6H,4,7-10H2,(H2,16,17,18,19). The molecule has 19 heavy (non-hydrogen) atoms. The zero-order valence-electron chi connectivity index (χ0n) is 10.8. The number of carbonyl (C=O) groups excluding carboxylic acids is 1. The van der Waals surface area contributed by atoms with Crippen LogP contribution in [0.4, 0.5) is 5.82 Å². The first kappa shape index (κ1) is 12.0. The first-order chi connectivity index (χ1) is 9.33. The minimum atomic E-state index is 0.0325. The van der Waals surface area contributed by atoms with Gasteiger partial charge in [0.25, 0.3) is 0 Å². The normalized spacial score (nSPS) is 13.3. The Morgan fingerprint density at radius 2 is 2.11 bits per heavy atom. The van der Waals surface area contributed by atoms with E-state index < -0.39 is 0 Å². The van der Waals surface area contributed by atoms with E-state index in [2.05, 4.69) is 15.5 Å². The smallest absolute Gasteiger partial charge is 0.225 e. The van der Waals surface area contributed by atoms with Crippen molar-refractivity contribution < 1.29 is 4.79 Å². The van der Waals surface area contributed by atoms with Crippen molar-refractivity contribution in [3.63, 3.8) is 0 Å². The molecular weight excluding hydrogens is 238 g/mol. The van der Waals surface area contributed by atoms with E-state index in [-0.39, 0.29) is 5.91 Å². The molecule has 0 aliphatic heterocycles. The van der Waals surface area contributed by atoms with Crippen LogP contribution < -0.4 is 5.32 Å². The van der Waals surface area contributed by atoms with Crippen LogP contribution in [0, 0.1) is 0 Å². The number of aromatic amines is 1. The van der Waals surface area contributed by atoms with E-state index >= 15 is 0 Å². The van der Waals surface area contributed by atoms with Crippen LogP contribution in [0.5, 0.6) is 0 Å². The molecule has 4 heteroatoms. The third-order valence-electron chi connectivity index (χ3n) is 3.55. The predicted octanol–water partition coefficient (Wildman–Crippen LogP) is 2.47. The summed E-state index contributed by atoms with van der Waals surface area (Å²) in [6, 6.07) is 10.1. The quantitative estimate of drug-likeness (QED) is 0.881. The molecule has 0 saturated heterocycles. The van der Waals surface area contributed by atoms with Crippen LogP contribution in [0.1, 0.15) is 29.7 Å². The third kappa shape index (κ3) is 2.67. The Hall–Kier alpha value is -2.10. The molecule has 4 nitrogen and oxygen atoms in total. The highest BCUT2D eigenvalue weighted by atomic mass is 16.1. The topological polar surface area (TPSA) is 57.8 Å². The van der Waals surface area contributed by atoms with Crippen molar-refractivity contribution in [2.45, 2.75) is 32.1 Å². The van der Waals surface area contributed by atoms with Crippen LogP contribution in [0.15, 0.2) is 30.3 Å². The van der Waals surface area contributed by atoms with E-state index in [4.69, 9.17) is 0 Å². The van der Waals surface area contributed by atoms with Crippen molar-refractivity contribution in [2.75, 3.05) is 5.32 Å². The number of aromatic nitrogens is 2. The van der Waals surface area contributed by atoms with Gasteiger partial charge in [0, 0.05) is 17.7 Å². The SMILES string of the molecule is O=C(CCc1ccccc1)Nc1n[nH]c2c1CCC2. The lowest BCUT2D eigenvalue weighted by Crippen LogP contribution is -2.13. The molecule has 0 unspecified atom stereocenters. The number of aryl methyl sites for hydroxylation is 2. The molecular formula is C15H17N3O. The van der Waals surface area contributed by atoms with Gasteiger partial charge in [0.1, 0.15) is 0 Å². The Kier molecular flexibility index (Phi) is 3.31. The minimum absolute atomic E-state index is 0.0325. The van der Waals surface area contributed by atoms with Gasteiger partial charge in [-0.3, -0.25) is 9.89 Å². The Labute approximate surface area is 112 Å². The fraction of sp³-hybridized carbons (Fsp3) is 0.333. The lowest BCUT2D eigenvalue weighted by Gasteiger charge is -2.04. The molecule has 0 atom stereocenters. The van der Waals surface area contributed by atoms with Gasteiger partial charge in [-0.05, 0) is 31.2 Å². The van der Waals surface area contributed by atoms with Gasteiger partial charge in [-0.15, -0.1) is 0 Å². The molecule has 2 N–H and O–H groups in total. The summed E-state index contributed by atoms with van der Waals surface area (Å²) in [6.45, 7) is 0. The third-order valence-corrected chi connectivity index (χ3v) is 3.55. The van der Waals surface area contributed by atoms with Crippen molar-refractivity contribution in [3.05, 3.63) is 47.2 Å². The molecule has 1 aliphatic rings. The summed E-state index contributed by atoms with van der Waals surface area (Å²) in [7, 11) is 0. The Bertz CT molecular complexity index is 574. The number of nitrogens with zero attached hydrogens (tertiary/aromatic N) is 1. The highest BCUT2D eigenvalue weighted by Crippen LogP contribution is 2.26. The lowest BCUT2D eigenvalue weighted by molar-refractivity contribution is -0.116. The zero-order chi connectivity index (χ0) is 13.1. The van der Waals surface area contributed by atoms with E-state index in [0.717, 1.165) is 31.5 Å². The first-order valence-electron chi connectivity index (χ1n) is 6.73. The molecule has 1 aromatic carbocycles. The van der Waals surface area contributed by atoms with Gasteiger partial charge in [0.05, 0.1) is 0 Å². The number of benzene rings is 1. The van der Waals surface area contributed by atoms with Gasteiger partial charge in [-0.1, -0.05) is 30.3 Å². The second kappa shape index (κ2) is 5.26. The Balaban J connectivity index is 1.57. The minimum Gasteiger partial charge on any atom is -0.309 e. The first-order valence-corrected chi connectivity index (χ1v) is 6.73. The second-order valence-corrected chi connectivity index (χ2v) is 4.92. The molecule has 1 heterocycles. The number of fused-ring (bicyclic) bond motifs is 1. The molecule has 1 aromatic heterocycles. The van der Waals surface area contributed by atoms with Gasteiger partial charge < -0.3 is 5.32 Å². The average molecular weight is 255 g/mol. The Morgan fingerprint density at radius 3 is 2.95 bits per heavy atom. The van der Waals surface area contributed by atoms with Crippen LogP contribution in [0.2, 0.25) is 0 Å². The van der Waals surface area contributed by atoms with Crippen LogP contribution >= 0.6 is 0 Å². The fourth-order valence-electron chi connectivity index (χ4n) is 2.52. The number of carbonyl (C=O) groups is 1. The summed E-state index contributed by atoms with van der Waals surface area (Å²) in [5, 5.41) is 10.1. The van der Waals surface area contributed by atoms with Crippen molar-refractivity contribution in [1.82, 2.24) is 10.2 Å². The van der Waals surface area contributed by atoms with Crippen molar-refractivity contribution in [3.8, 4) is 0 Å². The summed E-state index contributed by atoms with van der Waals surface area (Å²) < 4.78 is 0. The van der Waals surface area contributed by atoms with Crippen LogP contribution in [-0.2, 0) is 24.1 Å². The van der Waals surface area contributed by atoms with Crippen molar-refractivity contribution >= 4 is 11.7 Å². The largest absolute Gasteiger partial charge is 0.309 e. The molecule has 1 amide bonds. The van der Waals surface area contributed by atoms with Crippen molar-refractivity contribution in [1.29, 1.82) is 0 Å². The number of hydrogen-bond donors (Lipinski definition) is 2. The van der Waals surface area contributed by atoms with Crippen LogP contribution in [-0.4, -0.2) is 16.1 Å². The monoisotopic (exact) mass is 255 g/mol. The fourth-order valence-corrected chi connectivity index (χ4v) is 2.52. The highest BCUT2D eigenvalue weighted by molar-refractivity contribution is 5.90. The van der Waals surface area contributed by atoms with Gasteiger partial charge in [0.15, 0.2) is 5.82 Å². The highest BCUT2D eigenvalue weighted by Gasteiger charge is 2.19. The number of hydrogen-bond acceptors (Lipinski definition) is 2. The predicted molar refractivity (Wildman–Crippen MR) is 74.0 cm³/mol. The number of rotatable bonds is 4. The molecule has 0 spiro atoms. The van der Waals surface area contributed by atoms with Gasteiger partial charge in [-0.2, -0.15) is 5.10 Å². The van der Waals surface area contributed by atoms with Crippen LogP contribution in [0.3, 0.4) is 0 Å².